The number of aliphatic imine (C=N–C) groups is 2. The Morgan fingerprint density at radius 1 is 0.317 bits per heavy atom. The van der Waals surface area contributed by atoms with Crippen molar-refractivity contribution in [1.29, 1.82) is 0 Å². The molecule has 0 unspecified atom stereocenters. The molecule has 0 spiro atoms. The minimum Gasteiger partial charge on any atom is -0.354 e. The first-order chi connectivity index (χ1) is 29.8. The topological polar surface area (TPSA) is 56.3 Å². The molecule has 0 saturated heterocycles. The van der Waals surface area contributed by atoms with Crippen molar-refractivity contribution >= 4 is 33.7 Å². The minimum atomic E-state index is 1.04. The fourth-order valence-electron chi connectivity index (χ4n) is 11.9. The molecule has 2 aliphatic heterocycles. The van der Waals surface area contributed by atoms with Gasteiger partial charge in [0.15, 0.2) is 0 Å². The molecular weight excluding hydrogens is 729 g/mol. The Labute approximate surface area is 351 Å². The lowest BCUT2D eigenvalue weighted by Crippen LogP contribution is -2.25. The van der Waals surface area contributed by atoms with Gasteiger partial charge < -0.3 is 9.97 Å². The monoisotopic (exact) mass is 774 g/mol. The number of H-pyrrole nitrogens is 2. The van der Waals surface area contributed by atoms with Gasteiger partial charge in [0.1, 0.15) is 0 Å². The summed E-state index contributed by atoms with van der Waals surface area (Å²) in [7, 11) is 0. The average Bonchev–Trinajstić information content (AvgIpc) is 4.15. The zero-order valence-corrected chi connectivity index (χ0v) is 33.9. The van der Waals surface area contributed by atoms with Crippen LogP contribution in [-0.4, -0.2) is 21.4 Å². The van der Waals surface area contributed by atoms with Crippen LogP contribution in [0, 0.1) is 0 Å². The van der Waals surface area contributed by atoms with Crippen LogP contribution in [0.1, 0.15) is 107 Å². The van der Waals surface area contributed by atoms with Gasteiger partial charge in [0.25, 0.3) is 0 Å². The number of hydrogen-bond acceptors (Lipinski definition) is 2. The van der Waals surface area contributed by atoms with Gasteiger partial charge in [-0.2, -0.15) is 0 Å². The molecule has 0 radical (unpaired) electrons. The van der Waals surface area contributed by atoms with Crippen molar-refractivity contribution in [1.82, 2.24) is 9.97 Å². The van der Waals surface area contributed by atoms with Crippen LogP contribution in [0.4, 0.5) is 0 Å². The zero-order chi connectivity index (χ0) is 39.3. The van der Waals surface area contributed by atoms with E-state index in [4.69, 9.17) is 9.98 Å². The number of aromatic amines is 2. The second-order valence-electron chi connectivity index (χ2n) is 17.6. The standard InChI is InChI=1S/C56H46N4/c1-5-17-33(18-6-1)45-49-37-25-13-27-39(37)51(57-49)46(34-19-7-2-8-20-34)53-41-29-15-31-43(41)55(59-53)48(36-23-11-4-12-24-36)56-44-32-16-30-42(44)54(60-56)47(35-21-9-3-10-22-35)52-40-28-14-26-38(40)50(45)58-52/h1-12,17-24,57,60H,13-16,25-32H2. The molecule has 5 aliphatic carbocycles. The molecule has 60 heavy (non-hydrogen) atoms. The van der Waals surface area contributed by atoms with Crippen molar-refractivity contribution in [3.05, 3.63) is 222 Å². The molecular formula is C56H46N4. The van der Waals surface area contributed by atoms with E-state index in [1.165, 1.54) is 111 Å². The van der Waals surface area contributed by atoms with Gasteiger partial charge in [0.05, 0.1) is 44.9 Å². The molecule has 0 atom stereocenters. The Balaban J connectivity index is 1.27. The number of allylic oxidation sites excluding steroid dienone is 4. The highest BCUT2D eigenvalue weighted by atomic mass is 14.9. The van der Waals surface area contributed by atoms with E-state index in [2.05, 4.69) is 131 Å². The lowest BCUT2D eigenvalue weighted by Gasteiger charge is -2.15. The third-order valence-electron chi connectivity index (χ3n) is 14.4. The number of aromatic nitrogens is 2. The lowest BCUT2D eigenvalue weighted by atomic mass is 9.91. The van der Waals surface area contributed by atoms with Crippen molar-refractivity contribution in [2.45, 2.75) is 77.0 Å². The molecule has 2 aromatic heterocycles. The second kappa shape index (κ2) is 13.5. The van der Waals surface area contributed by atoms with E-state index in [-0.39, 0.29) is 0 Å². The molecule has 13 rings (SSSR count). The average molecular weight is 775 g/mol. The fourth-order valence-corrected chi connectivity index (χ4v) is 11.9. The highest BCUT2D eigenvalue weighted by Crippen LogP contribution is 2.50. The van der Waals surface area contributed by atoms with E-state index >= 15 is 0 Å². The molecule has 0 amide bonds. The first-order valence-electron chi connectivity index (χ1n) is 22.4. The Morgan fingerprint density at radius 2 is 0.650 bits per heavy atom. The van der Waals surface area contributed by atoms with Crippen molar-refractivity contribution in [2.75, 3.05) is 0 Å². The number of nitrogens with zero attached hydrogens (tertiary/aromatic N) is 2. The maximum atomic E-state index is 5.97. The van der Waals surface area contributed by atoms with Gasteiger partial charge in [-0.05, 0) is 144 Å². The summed E-state index contributed by atoms with van der Waals surface area (Å²) in [4.78, 5) is 20.5. The first kappa shape index (κ1) is 34.4. The highest BCUT2D eigenvalue weighted by Gasteiger charge is 2.39. The number of benzene rings is 4. The molecule has 2 N–H and O–H groups in total. The predicted molar refractivity (Wildman–Crippen MR) is 244 cm³/mol. The molecule has 0 saturated carbocycles. The van der Waals surface area contributed by atoms with E-state index in [1.807, 2.05) is 0 Å². The Bertz CT molecular complexity index is 2930. The molecule has 290 valence electrons. The van der Waals surface area contributed by atoms with Crippen LogP contribution in [0.2, 0.25) is 0 Å². The molecule has 7 aliphatic rings. The fraction of sp³-hybridized carbons (Fsp3) is 0.214. The second-order valence-corrected chi connectivity index (χ2v) is 17.6. The molecule has 4 heterocycles. The summed E-state index contributed by atoms with van der Waals surface area (Å²) >= 11 is 0. The molecule has 4 aromatic carbocycles. The lowest BCUT2D eigenvalue weighted by molar-refractivity contribution is 0.889. The largest absolute Gasteiger partial charge is 0.354 e. The zero-order valence-electron chi connectivity index (χ0n) is 33.9. The summed E-state index contributed by atoms with van der Waals surface area (Å²) in [6, 6.07) is 44.6. The molecule has 8 bridgehead atoms. The van der Waals surface area contributed by atoms with Crippen LogP contribution in [0.3, 0.4) is 0 Å². The third-order valence-corrected chi connectivity index (χ3v) is 14.4. The molecule has 0 fully saturated rings. The summed E-state index contributed by atoms with van der Waals surface area (Å²) in [5, 5.41) is 2.49. The van der Waals surface area contributed by atoms with Gasteiger partial charge in [-0.25, -0.2) is 9.98 Å². The van der Waals surface area contributed by atoms with Gasteiger partial charge in [0.2, 0.25) is 0 Å². The van der Waals surface area contributed by atoms with Gasteiger partial charge in [0, 0.05) is 22.3 Å². The maximum absolute atomic E-state index is 5.97. The van der Waals surface area contributed by atoms with Crippen molar-refractivity contribution < 1.29 is 0 Å². The van der Waals surface area contributed by atoms with E-state index in [9.17, 15) is 0 Å². The summed E-state index contributed by atoms with van der Waals surface area (Å²) in [6.45, 7) is 0. The quantitative estimate of drug-likeness (QED) is 0.179. The first-order valence-corrected chi connectivity index (χ1v) is 22.4. The van der Waals surface area contributed by atoms with Crippen molar-refractivity contribution in [2.24, 2.45) is 9.98 Å². The number of rotatable bonds is 4. The van der Waals surface area contributed by atoms with Crippen LogP contribution in [0.25, 0.3) is 22.3 Å². The van der Waals surface area contributed by atoms with Crippen LogP contribution in [0.5, 0.6) is 0 Å². The smallest absolute Gasteiger partial charge is 0.0772 e. The third kappa shape index (κ3) is 5.03. The summed E-state index contributed by atoms with van der Waals surface area (Å²) in [5.41, 5.74) is 28.5. The number of hydrogen-bond donors (Lipinski definition) is 2. The van der Waals surface area contributed by atoms with Crippen LogP contribution in [-0.2, 0) is 25.7 Å². The van der Waals surface area contributed by atoms with Gasteiger partial charge >= 0.3 is 0 Å². The normalized spacial score (nSPS) is 19.1. The Morgan fingerprint density at radius 3 is 1.05 bits per heavy atom. The van der Waals surface area contributed by atoms with E-state index in [0.29, 0.717) is 0 Å². The highest BCUT2D eigenvalue weighted by molar-refractivity contribution is 6.35. The van der Waals surface area contributed by atoms with E-state index < -0.39 is 0 Å². The molecule has 4 heteroatoms. The van der Waals surface area contributed by atoms with Gasteiger partial charge in [-0.1, -0.05) is 121 Å². The van der Waals surface area contributed by atoms with Crippen LogP contribution in [0.15, 0.2) is 165 Å². The molecule has 6 aromatic rings. The Hall–Kier alpha value is -6.52. The summed E-state index contributed by atoms with van der Waals surface area (Å²) in [6.07, 6.45) is 13.0. The SMILES string of the molecule is c1ccc(C2=C3N=C(C4=C3CCC4)C(c3ccccc3)=c3[nH]c(c4c3CCC4)=C(c3ccccc3)C3=NC(=C(c4ccccc4)c4[nH]c2c2c4CCC2)C2=C3CCC2)cc1. The minimum absolute atomic E-state index is 1.04. The van der Waals surface area contributed by atoms with E-state index in [0.717, 1.165) is 99.9 Å². The predicted octanol–water partition coefficient (Wildman–Crippen LogP) is 10.8. The number of nitrogens with one attached hydrogen (secondary N) is 2. The van der Waals surface area contributed by atoms with Gasteiger partial charge in [-0.15, -0.1) is 0 Å². The summed E-state index contributed by atoms with van der Waals surface area (Å²) < 4.78 is 0. The maximum Gasteiger partial charge on any atom is 0.0772 e. The van der Waals surface area contributed by atoms with Crippen molar-refractivity contribution in [3.8, 4) is 0 Å². The molecule has 4 nitrogen and oxygen atoms in total. The van der Waals surface area contributed by atoms with Crippen molar-refractivity contribution in [3.63, 3.8) is 0 Å². The Kier molecular flexibility index (Phi) is 7.73. The van der Waals surface area contributed by atoms with Crippen LogP contribution < -0.4 is 10.7 Å². The van der Waals surface area contributed by atoms with Crippen LogP contribution >= 0.6 is 0 Å². The van der Waals surface area contributed by atoms with Gasteiger partial charge in [-0.3, -0.25) is 0 Å². The summed E-state index contributed by atoms with van der Waals surface area (Å²) in [5.74, 6) is 0. The van der Waals surface area contributed by atoms with E-state index in [1.54, 1.807) is 0 Å².